The summed E-state index contributed by atoms with van der Waals surface area (Å²) in [6.45, 7) is 4.73. The Hall–Kier alpha value is -1.30. The summed E-state index contributed by atoms with van der Waals surface area (Å²) in [6, 6.07) is 1.26. The summed E-state index contributed by atoms with van der Waals surface area (Å²) >= 11 is 0. The molecule has 5 nitrogen and oxygen atoms in total. The molecule has 0 aromatic carbocycles. The van der Waals surface area contributed by atoms with Crippen molar-refractivity contribution >= 4 is 15.8 Å². The molecule has 16 heavy (non-hydrogen) atoms. The van der Waals surface area contributed by atoms with Crippen LogP contribution >= 0.6 is 0 Å². The molecular weight excluding hydrogens is 232 g/mol. The van der Waals surface area contributed by atoms with Crippen LogP contribution in [0.4, 0.5) is 0 Å². The zero-order valence-electron chi connectivity index (χ0n) is 9.35. The van der Waals surface area contributed by atoms with Crippen LogP contribution in [-0.4, -0.2) is 24.7 Å². The fourth-order valence-corrected chi connectivity index (χ4v) is 2.21. The van der Waals surface area contributed by atoms with E-state index in [0.29, 0.717) is 11.3 Å². The summed E-state index contributed by atoms with van der Waals surface area (Å²) in [4.78, 5) is 10.6. The zero-order valence-corrected chi connectivity index (χ0v) is 10.2. The van der Waals surface area contributed by atoms with E-state index in [9.17, 15) is 13.2 Å². The van der Waals surface area contributed by atoms with E-state index in [1.807, 2.05) is 0 Å². The number of carboxylic acid groups (broad SMARTS) is 1. The van der Waals surface area contributed by atoms with Gasteiger partial charge in [0, 0.05) is 5.56 Å². The van der Waals surface area contributed by atoms with Gasteiger partial charge in [-0.2, -0.15) is 0 Å². The third-order valence-electron chi connectivity index (χ3n) is 2.31. The molecule has 0 aliphatic rings. The van der Waals surface area contributed by atoms with Crippen LogP contribution in [0.1, 0.15) is 35.7 Å². The topological polar surface area (TPSA) is 84.6 Å². The van der Waals surface area contributed by atoms with E-state index < -0.39 is 21.1 Å². The second-order valence-electron chi connectivity index (χ2n) is 3.85. The Labute approximate surface area is 94.0 Å². The van der Waals surface area contributed by atoms with Crippen LogP contribution < -0.4 is 0 Å². The largest absolute Gasteiger partial charge is 0.475 e. The Kier molecular flexibility index (Phi) is 3.42. The molecule has 0 saturated heterocycles. The molecule has 90 valence electrons. The summed E-state index contributed by atoms with van der Waals surface area (Å²) in [5, 5.41) is 8.20. The van der Waals surface area contributed by atoms with E-state index in [4.69, 9.17) is 9.52 Å². The number of carbonyl (C=O) groups is 1. The normalized spacial score (nSPS) is 12.0. The van der Waals surface area contributed by atoms with Crippen molar-refractivity contribution in [2.24, 2.45) is 0 Å². The number of hydrogen-bond donors (Lipinski definition) is 1. The fourth-order valence-electron chi connectivity index (χ4n) is 1.15. The number of carboxylic acids is 1. The van der Waals surface area contributed by atoms with Gasteiger partial charge in [-0.3, -0.25) is 0 Å². The van der Waals surface area contributed by atoms with Gasteiger partial charge < -0.3 is 9.52 Å². The lowest BCUT2D eigenvalue weighted by Gasteiger charge is -2.05. The predicted octanol–water partition coefficient (Wildman–Crippen LogP) is 1.61. The van der Waals surface area contributed by atoms with Crippen LogP contribution in [0.5, 0.6) is 0 Å². The molecule has 0 aliphatic carbocycles. The van der Waals surface area contributed by atoms with Crippen LogP contribution in [0, 0.1) is 6.92 Å². The molecule has 0 saturated carbocycles. The van der Waals surface area contributed by atoms with Gasteiger partial charge in [-0.15, -0.1) is 0 Å². The second kappa shape index (κ2) is 4.29. The lowest BCUT2D eigenvalue weighted by atomic mass is 10.3. The number of aryl methyl sites for hydroxylation is 1. The van der Waals surface area contributed by atoms with Gasteiger partial charge in [-0.05, 0) is 26.8 Å². The molecule has 0 amide bonds. The predicted molar refractivity (Wildman–Crippen MR) is 58.2 cm³/mol. The van der Waals surface area contributed by atoms with Crippen molar-refractivity contribution < 1.29 is 22.7 Å². The van der Waals surface area contributed by atoms with Crippen LogP contribution in [0.3, 0.4) is 0 Å². The van der Waals surface area contributed by atoms with Crippen molar-refractivity contribution in [3.05, 3.63) is 23.2 Å². The van der Waals surface area contributed by atoms with Gasteiger partial charge in [-0.1, -0.05) is 0 Å². The molecule has 0 atom stereocenters. The highest BCUT2D eigenvalue weighted by molar-refractivity contribution is 7.91. The Morgan fingerprint density at radius 2 is 2.06 bits per heavy atom. The highest BCUT2D eigenvalue weighted by Gasteiger charge is 2.21. The molecular formula is C10H14O5S. The standard InChI is InChI=1S/C10H14O5S/c1-6(2)16(13,14)5-8-4-9(10(11)12)15-7(8)3/h4,6H,5H2,1-3H3,(H,11,12). The van der Waals surface area contributed by atoms with Crippen LogP contribution in [0.25, 0.3) is 0 Å². The minimum Gasteiger partial charge on any atom is -0.475 e. The minimum atomic E-state index is -3.24. The highest BCUT2D eigenvalue weighted by atomic mass is 32.2. The maximum atomic E-state index is 11.6. The Morgan fingerprint density at radius 1 is 1.50 bits per heavy atom. The molecule has 1 N–H and O–H groups in total. The first kappa shape index (κ1) is 12.8. The average molecular weight is 246 g/mol. The van der Waals surface area contributed by atoms with E-state index >= 15 is 0 Å². The second-order valence-corrected chi connectivity index (χ2v) is 6.41. The van der Waals surface area contributed by atoms with Crippen molar-refractivity contribution in [3.63, 3.8) is 0 Å². The van der Waals surface area contributed by atoms with Gasteiger partial charge >= 0.3 is 5.97 Å². The van der Waals surface area contributed by atoms with Crippen molar-refractivity contribution in [2.75, 3.05) is 0 Å². The molecule has 0 aliphatic heterocycles. The molecule has 0 radical (unpaired) electrons. The van der Waals surface area contributed by atoms with Crippen molar-refractivity contribution in [1.82, 2.24) is 0 Å². The molecule has 1 rings (SSSR count). The van der Waals surface area contributed by atoms with Crippen LogP contribution in [0.15, 0.2) is 10.5 Å². The van der Waals surface area contributed by atoms with E-state index in [0.717, 1.165) is 0 Å². The van der Waals surface area contributed by atoms with Gasteiger partial charge in [0.15, 0.2) is 9.84 Å². The van der Waals surface area contributed by atoms with E-state index in [1.54, 1.807) is 20.8 Å². The molecule has 0 spiro atoms. The monoisotopic (exact) mass is 246 g/mol. The summed E-state index contributed by atoms with van der Waals surface area (Å²) in [7, 11) is -3.24. The maximum Gasteiger partial charge on any atom is 0.371 e. The van der Waals surface area contributed by atoms with Gasteiger partial charge in [0.1, 0.15) is 5.76 Å². The summed E-state index contributed by atoms with van der Waals surface area (Å²) in [6.07, 6.45) is 0. The number of rotatable bonds is 4. The summed E-state index contributed by atoms with van der Waals surface area (Å²) in [5.74, 6) is -1.28. The third-order valence-corrected chi connectivity index (χ3v) is 4.46. The number of hydrogen-bond acceptors (Lipinski definition) is 4. The zero-order chi connectivity index (χ0) is 12.5. The fraction of sp³-hybridized carbons (Fsp3) is 0.500. The highest BCUT2D eigenvalue weighted by Crippen LogP contribution is 2.19. The SMILES string of the molecule is Cc1oc(C(=O)O)cc1CS(=O)(=O)C(C)C. The first-order valence-corrected chi connectivity index (χ1v) is 6.49. The number of furan rings is 1. The van der Waals surface area contributed by atoms with E-state index in [2.05, 4.69) is 0 Å². The van der Waals surface area contributed by atoms with E-state index in [-0.39, 0.29) is 11.5 Å². The molecule has 0 fully saturated rings. The van der Waals surface area contributed by atoms with E-state index in [1.165, 1.54) is 6.07 Å². The first-order valence-electron chi connectivity index (χ1n) is 4.78. The van der Waals surface area contributed by atoms with Gasteiger partial charge in [0.2, 0.25) is 5.76 Å². The maximum absolute atomic E-state index is 11.6. The Bertz CT molecular complexity index is 495. The minimum absolute atomic E-state index is 0.187. The Balaban J connectivity index is 3.03. The smallest absolute Gasteiger partial charge is 0.371 e. The lowest BCUT2D eigenvalue weighted by Crippen LogP contribution is -2.16. The Morgan fingerprint density at radius 3 is 2.44 bits per heavy atom. The van der Waals surface area contributed by atoms with Gasteiger partial charge in [0.05, 0.1) is 11.0 Å². The average Bonchev–Trinajstić information content (AvgIpc) is 2.47. The van der Waals surface area contributed by atoms with Crippen molar-refractivity contribution in [2.45, 2.75) is 31.8 Å². The number of sulfone groups is 1. The quantitative estimate of drug-likeness (QED) is 0.872. The molecule has 1 aromatic rings. The third kappa shape index (κ3) is 2.63. The van der Waals surface area contributed by atoms with Crippen molar-refractivity contribution in [1.29, 1.82) is 0 Å². The van der Waals surface area contributed by atoms with Crippen molar-refractivity contribution in [3.8, 4) is 0 Å². The first-order chi connectivity index (χ1) is 7.24. The molecule has 6 heteroatoms. The molecule has 1 aromatic heterocycles. The van der Waals surface area contributed by atoms with Gasteiger partial charge in [-0.25, -0.2) is 13.2 Å². The molecule has 1 heterocycles. The van der Waals surface area contributed by atoms with Crippen LogP contribution in [-0.2, 0) is 15.6 Å². The molecule has 0 bridgehead atoms. The summed E-state index contributed by atoms with van der Waals surface area (Å²) < 4.78 is 28.2. The van der Waals surface area contributed by atoms with Gasteiger partial charge in [0.25, 0.3) is 0 Å². The molecule has 0 unspecified atom stereocenters. The lowest BCUT2D eigenvalue weighted by molar-refractivity contribution is 0.0661. The number of aromatic carboxylic acids is 1. The van der Waals surface area contributed by atoms with Crippen LogP contribution in [0.2, 0.25) is 0 Å². The summed E-state index contributed by atoms with van der Waals surface area (Å²) in [5.41, 5.74) is 0.408.